The van der Waals surface area contributed by atoms with Gasteiger partial charge in [0, 0.05) is 10.4 Å². The number of halogens is 1. The molecule has 1 aliphatic rings. The maximum absolute atomic E-state index is 12.2. The molecule has 128 valence electrons. The summed E-state index contributed by atoms with van der Waals surface area (Å²) in [6.45, 7) is 0.612. The third kappa shape index (κ3) is 3.27. The topological polar surface area (TPSA) is 67.1 Å². The first-order valence-electron chi connectivity index (χ1n) is 7.60. The van der Waals surface area contributed by atoms with E-state index in [2.05, 4.69) is 10.4 Å². The molecule has 8 heteroatoms. The zero-order valence-corrected chi connectivity index (χ0v) is 15.4. The zero-order chi connectivity index (χ0) is 17.4. The molecule has 0 saturated carbocycles. The molecular formula is C17H14ClN3O2S2. The average Bonchev–Trinajstić information content (AvgIpc) is 3.19. The monoisotopic (exact) mass is 391 g/mol. The van der Waals surface area contributed by atoms with Crippen LogP contribution >= 0.6 is 34.7 Å². The summed E-state index contributed by atoms with van der Waals surface area (Å²) in [6.07, 6.45) is 1.80. The number of nitrogens with one attached hydrogen (secondary N) is 1. The summed E-state index contributed by atoms with van der Waals surface area (Å²) in [5.74, 6) is 1.06. The van der Waals surface area contributed by atoms with Gasteiger partial charge in [-0.1, -0.05) is 23.7 Å². The van der Waals surface area contributed by atoms with Crippen LogP contribution in [0.25, 0.3) is 0 Å². The van der Waals surface area contributed by atoms with Crippen molar-refractivity contribution >= 4 is 46.4 Å². The SMILES string of the molecule is O=C1CSC(c2ccc(O)c(Cl)c2)c2cnn(Cc3cccs3)c2N1. The molecule has 1 atom stereocenters. The van der Waals surface area contributed by atoms with Crippen LogP contribution < -0.4 is 5.32 Å². The van der Waals surface area contributed by atoms with E-state index in [1.165, 1.54) is 16.6 Å². The van der Waals surface area contributed by atoms with E-state index in [1.807, 2.05) is 28.3 Å². The lowest BCUT2D eigenvalue weighted by molar-refractivity contribution is -0.113. The highest BCUT2D eigenvalue weighted by molar-refractivity contribution is 8.00. The maximum atomic E-state index is 12.2. The number of thiophene rings is 1. The molecule has 0 spiro atoms. The summed E-state index contributed by atoms with van der Waals surface area (Å²) in [6, 6.07) is 9.19. The first-order valence-corrected chi connectivity index (χ1v) is 9.90. The maximum Gasteiger partial charge on any atom is 0.235 e. The van der Waals surface area contributed by atoms with Crippen LogP contribution in [0, 0.1) is 0 Å². The number of carbonyl (C=O) groups is 1. The number of phenols is 1. The van der Waals surface area contributed by atoms with Gasteiger partial charge in [0.1, 0.15) is 11.6 Å². The Balaban J connectivity index is 1.75. The summed E-state index contributed by atoms with van der Waals surface area (Å²) < 4.78 is 1.82. The minimum absolute atomic E-state index is 0.0480. The van der Waals surface area contributed by atoms with Gasteiger partial charge in [0.15, 0.2) is 0 Å². The first-order chi connectivity index (χ1) is 12.1. The Bertz CT molecular complexity index is 924. The van der Waals surface area contributed by atoms with Crippen LogP contribution in [0.1, 0.15) is 21.3 Å². The molecule has 0 radical (unpaired) electrons. The van der Waals surface area contributed by atoms with E-state index < -0.39 is 0 Å². The minimum atomic E-state index is -0.0795. The number of aromatic hydroxyl groups is 1. The Morgan fingerprint density at radius 2 is 2.28 bits per heavy atom. The van der Waals surface area contributed by atoms with Crippen molar-refractivity contribution in [3.63, 3.8) is 0 Å². The molecule has 0 aliphatic carbocycles. The number of aromatic nitrogens is 2. The number of phenolic OH excluding ortho intramolecular Hbond substituents is 1. The number of hydrogen-bond donors (Lipinski definition) is 2. The van der Waals surface area contributed by atoms with Crippen LogP contribution in [-0.2, 0) is 11.3 Å². The highest BCUT2D eigenvalue weighted by Crippen LogP contribution is 2.43. The van der Waals surface area contributed by atoms with Crippen LogP contribution in [0.5, 0.6) is 5.75 Å². The molecule has 2 aromatic heterocycles. The molecule has 5 nitrogen and oxygen atoms in total. The first kappa shape index (κ1) is 16.5. The minimum Gasteiger partial charge on any atom is -0.506 e. The standard InChI is InChI=1S/C17H14ClN3O2S2/c18-13-6-10(3-4-14(13)22)16-12-7-19-21(8-11-2-1-5-24-11)17(12)20-15(23)9-25-16/h1-7,16,22H,8-9H2,(H,20,23). The number of hydrogen-bond acceptors (Lipinski definition) is 5. The fourth-order valence-electron chi connectivity index (χ4n) is 2.78. The lowest BCUT2D eigenvalue weighted by Gasteiger charge is -2.15. The van der Waals surface area contributed by atoms with E-state index in [-0.39, 0.29) is 16.9 Å². The van der Waals surface area contributed by atoms with Crippen LogP contribution in [0.4, 0.5) is 5.82 Å². The quantitative estimate of drug-likeness (QED) is 0.704. The number of nitrogens with zero attached hydrogens (tertiary/aromatic N) is 2. The Hall–Kier alpha value is -1.96. The number of thioether (sulfide) groups is 1. The highest BCUT2D eigenvalue weighted by atomic mass is 35.5. The second-order valence-electron chi connectivity index (χ2n) is 5.64. The second kappa shape index (κ2) is 6.74. The van der Waals surface area contributed by atoms with Gasteiger partial charge >= 0.3 is 0 Å². The van der Waals surface area contributed by atoms with Gasteiger partial charge in [-0.25, -0.2) is 4.68 Å². The molecule has 0 saturated heterocycles. The molecule has 1 aromatic carbocycles. The lowest BCUT2D eigenvalue weighted by atomic mass is 10.1. The summed E-state index contributed by atoms with van der Waals surface area (Å²) in [7, 11) is 0. The lowest BCUT2D eigenvalue weighted by Crippen LogP contribution is -2.16. The fraction of sp³-hybridized carbons (Fsp3) is 0.176. The molecule has 3 aromatic rings. The van der Waals surface area contributed by atoms with E-state index in [0.29, 0.717) is 17.3 Å². The van der Waals surface area contributed by atoms with Gasteiger partial charge in [0.2, 0.25) is 5.91 Å². The van der Waals surface area contributed by atoms with Crippen molar-refractivity contribution in [2.24, 2.45) is 0 Å². The molecule has 1 aliphatic heterocycles. The van der Waals surface area contributed by atoms with Crippen LogP contribution in [0.3, 0.4) is 0 Å². The normalized spacial score (nSPS) is 17.0. The predicted octanol–water partition coefficient (Wildman–Crippen LogP) is 4.13. The van der Waals surface area contributed by atoms with E-state index in [4.69, 9.17) is 11.6 Å². The number of carbonyl (C=O) groups excluding carboxylic acids is 1. The Kier molecular flexibility index (Phi) is 4.45. The summed E-state index contributed by atoms with van der Waals surface area (Å²) in [5, 5.41) is 19.4. The summed E-state index contributed by atoms with van der Waals surface area (Å²) >= 11 is 9.24. The molecule has 3 heterocycles. The zero-order valence-electron chi connectivity index (χ0n) is 13.0. The number of fused-ring (bicyclic) bond motifs is 1. The van der Waals surface area contributed by atoms with Gasteiger partial charge < -0.3 is 10.4 Å². The Morgan fingerprint density at radius 3 is 3.04 bits per heavy atom. The van der Waals surface area contributed by atoms with Gasteiger partial charge in [-0.2, -0.15) is 5.10 Å². The van der Waals surface area contributed by atoms with Gasteiger partial charge in [0.05, 0.1) is 28.8 Å². The molecule has 2 N–H and O–H groups in total. The molecule has 25 heavy (non-hydrogen) atoms. The summed E-state index contributed by atoms with van der Waals surface area (Å²) in [4.78, 5) is 13.3. The molecule has 0 fully saturated rings. The second-order valence-corrected chi connectivity index (χ2v) is 8.17. The highest BCUT2D eigenvalue weighted by Gasteiger charge is 2.28. The number of rotatable bonds is 3. The van der Waals surface area contributed by atoms with Gasteiger partial charge in [-0.3, -0.25) is 4.79 Å². The van der Waals surface area contributed by atoms with Gasteiger partial charge in [0.25, 0.3) is 0 Å². The third-order valence-electron chi connectivity index (χ3n) is 3.95. The molecule has 1 unspecified atom stereocenters. The van der Waals surface area contributed by atoms with Crippen molar-refractivity contribution < 1.29 is 9.90 Å². The van der Waals surface area contributed by atoms with Crippen molar-refractivity contribution in [3.8, 4) is 5.75 Å². The van der Waals surface area contributed by atoms with Crippen molar-refractivity contribution in [1.82, 2.24) is 9.78 Å². The van der Waals surface area contributed by atoms with E-state index >= 15 is 0 Å². The van der Waals surface area contributed by atoms with Crippen molar-refractivity contribution in [2.75, 3.05) is 11.1 Å². The largest absolute Gasteiger partial charge is 0.506 e. The van der Waals surface area contributed by atoms with Crippen LogP contribution in [0.15, 0.2) is 41.9 Å². The third-order valence-corrected chi connectivity index (χ3v) is 6.40. The van der Waals surface area contributed by atoms with Gasteiger partial charge in [-0.15, -0.1) is 23.1 Å². The average molecular weight is 392 g/mol. The Labute approximate surface area is 157 Å². The van der Waals surface area contributed by atoms with Crippen molar-refractivity contribution in [3.05, 3.63) is 62.9 Å². The van der Waals surface area contributed by atoms with Gasteiger partial charge in [-0.05, 0) is 29.1 Å². The van der Waals surface area contributed by atoms with E-state index in [0.717, 1.165) is 16.9 Å². The van der Waals surface area contributed by atoms with Crippen LogP contribution in [0.2, 0.25) is 5.02 Å². The van der Waals surface area contributed by atoms with Crippen LogP contribution in [-0.4, -0.2) is 26.5 Å². The molecule has 1 amide bonds. The smallest absolute Gasteiger partial charge is 0.235 e. The van der Waals surface area contributed by atoms with E-state index in [1.54, 1.807) is 29.7 Å². The predicted molar refractivity (Wildman–Crippen MR) is 102 cm³/mol. The Morgan fingerprint density at radius 1 is 1.40 bits per heavy atom. The number of amides is 1. The van der Waals surface area contributed by atoms with Crippen molar-refractivity contribution in [1.29, 1.82) is 0 Å². The number of anilines is 1. The van der Waals surface area contributed by atoms with Crippen molar-refractivity contribution in [2.45, 2.75) is 11.8 Å². The molecule has 4 rings (SSSR count). The summed E-state index contributed by atoms with van der Waals surface area (Å²) in [5.41, 5.74) is 1.87. The van der Waals surface area contributed by atoms with E-state index in [9.17, 15) is 9.90 Å². The molecule has 0 bridgehead atoms. The fourth-order valence-corrected chi connectivity index (χ4v) is 4.73. The molecular weight excluding hydrogens is 378 g/mol. The number of benzene rings is 1.